The second-order valence-electron chi connectivity index (χ2n) is 9.00. The molecule has 1 aromatic carbocycles. The lowest BCUT2D eigenvalue weighted by Gasteiger charge is -2.32. The van der Waals surface area contributed by atoms with Crippen molar-refractivity contribution in [2.24, 2.45) is 0 Å². The highest BCUT2D eigenvalue weighted by atomic mass is 32.1. The zero-order valence-corrected chi connectivity index (χ0v) is 22.1. The summed E-state index contributed by atoms with van der Waals surface area (Å²) in [5.74, 6) is 0.691. The van der Waals surface area contributed by atoms with E-state index in [1.165, 1.54) is 0 Å². The number of thiazole rings is 1. The summed E-state index contributed by atoms with van der Waals surface area (Å²) in [6, 6.07) is 8.17. The minimum absolute atomic E-state index is 0.0519. The number of nitrogens with one attached hydrogen (secondary N) is 1. The van der Waals surface area contributed by atoms with Gasteiger partial charge in [0.25, 0.3) is 0 Å². The molecule has 1 saturated heterocycles. The van der Waals surface area contributed by atoms with E-state index in [1.807, 2.05) is 25.1 Å². The third kappa shape index (κ3) is 4.90. The number of hydrogen-bond donors (Lipinski definition) is 1. The lowest BCUT2D eigenvalue weighted by atomic mass is 10.2. The van der Waals surface area contributed by atoms with Crippen LogP contribution in [0.3, 0.4) is 0 Å². The third-order valence-electron chi connectivity index (χ3n) is 6.39. The van der Waals surface area contributed by atoms with Gasteiger partial charge in [0.15, 0.2) is 5.65 Å². The number of anilines is 2. The fourth-order valence-corrected chi connectivity index (χ4v) is 5.53. The third-order valence-corrected chi connectivity index (χ3v) is 7.54. The number of aryl methyl sites for hydroxylation is 1. The first-order valence-electron chi connectivity index (χ1n) is 12.2. The normalized spacial score (nSPS) is 14.1. The lowest BCUT2D eigenvalue weighted by molar-refractivity contribution is 0.311. The van der Waals surface area contributed by atoms with Gasteiger partial charge in [0.05, 0.1) is 27.0 Å². The largest absolute Gasteiger partial charge is 0.383 e. The van der Waals surface area contributed by atoms with Gasteiger partial charge in [-0.25, -0.2) is 4.98 Å². The molecule has 5 aromatic rings. The predicted molar refractivity (Wildman–Crippen MR) is 152 cm³/mol. The summed E-state index contributed by atoms with van der Waals surface area (Å²) < 4.78 is 3.21. The second-order valence-corrected chi connectivity index (χ2v) is 10.0. The Kier molecular flexibility index (Phi) is 7.11. The number of allylic oxidation sites excluding steroid dienone is 1. The highest BCUT2D eigenvalue weighted by molar-refractivity contribution is 7.24. The molecule has 0 saturated carbocycles. The molecule has 0 aliphatic carbocycles. The van der Waals surface area contributed by atoms with Crippen molar-refractivity contribution in [1.82, 2.24) is 29.2 Å². The Labute approximate surface area is 219 Å². The fourth-order valence-electron chi connectivity index (χ4n) is 4.34. The maximum Gasteiger partial charge on any atom is 0.227 e. The van der Waals surface area contributed by atoms with Gasteiger partial charge in [-0.3, -0.25) is 19.2 Å². The van der Waals surface area contributed by atoms with Crippen LogP contribution in [0.15, 0.2) is 60.3 Å². The van der Waals surface area contributed by atoms with Gasteiger partial charge >= 0.3 is 0 Å². The average molecular weight is 515 g/mol. The standard InChI is InChI=1S/C19H20N6OS.C8H10N2/c1-20-15-16(26)12-11-21-19(24-9-7-23(2)8-10-24)22-17(12)25-13-5-3-4-6-14(13)27-18(15)25;1-3-4-8-6-9-7(2)5-10-8/h3-6,11,20H,7-10H2,1-2H3;3,5-6H,1,4H2,2H3. The van der Waals surface area contributed by atoms with Crippen LogP contribution in [0.2, 0.25) is 0 Å². The van der Waals surface area contributed by atoms with Crippen LogP contribution >= 0.6 is 11.3 Å². The molecule has 1 N–H and O–H groups in total. The van der Waals surface area contributed by atoms with Gasteiger partial charge in [-0.1, -0.05) is 18.2 Å². The van der Waals surface area contributed by atoms with Crippen LogP contribution in [0.4, 0.5) is 11.6 Å². The maximum absolute atomic E-state index is 13.0. The topological polar surface area (TPSA) is 91.5 Å². The minimum Gasteiger partial charge on any atom is -0.383 e. The Bertz CT molecular complexity index is 1620. The highest BCUT2D eigenvalue weighted by Gasteiger charge is 2.21. The van der Waals surface area contributed by atoms with Crippen molar-refractivity contribution < 1.29 is 0 Å². The Hall–Kier alpha value is -3.89. The molecule has 6 rings (SSSR count). The van der Waals surface area contributed by atoms with Gasteiger partial charge in [-0.2, -0.15) is 4.98 Å². The predicted octanol–water partition coefficient (Wildman–Crippen LogP) is 3.76. The Morgan fingerprint density at radius 2 is 1.86 bits per heavy atom. The van der Waals surface area contributed by atoms with Crippen molar-refractivity contribution in [2.75, 3.05) is 50.5 Å². The molecule has 0 unspecified atom stereocenters. The zero-order valence-electron chi connectivity index (χ0n) is 21.3. The molecule has 0 bridgehead atoms. The summed E-state index contributed by atoms with van der Waals surface area (Å²) in [6.07, 6.45) is 7.83. The zero-order chi connectivity index (χ0) is 25.9. The molecule has 0 atom stereocenters. The number of rotatable bonds is 4. The molecule has 37 heavy (non-hydrogen) atoms. The molecular formula is C27H30N8OS. The smallest absolute Gasteiger partial charge is 0.227 e. The minimum atomic E-state index is -0.0519. The van der Waals surface area contributed by atoms with E-state index < -0.39 is 0 Å². The number of para-hydroxylation sites is 1. The lowest BCUT2D eigenvalue weighted by Crippen LogP contribution is -2.45. The quantitative estimate of drug-likeness (QED) is 0.363. The molecule has 1 fully saturated rings. The first-order valence-corrected chi connectivity index (χ1v) is 13.0. The fraction of sp³-hybridized carbons (Fsp3) is 0.296. The van der Waals surface area contributed by atoms with E-state index in [0.29, 0.717) is 22.7 Å². The molecule has 0 spiro atoms. The number of piperazine rings is 1. The van der Waals surface area contributed by atoms with Crippen LogP contribution in [0, 0.1) is 6.92 Å². The molecule has 1 aliphatic heterocycles. The van der Waals surface area contributed by atoms with Gasteiger partial charge in [0, 0.05) is 58.2 Å². The Morgan fingerprint density at radius 1 is 1.08 bits per heavy atom. The van der Waals surface area contributed by atoms with E-state index in [4.69, 9.17) is 4.98 Å². The molecule has 190 valence electrons. The summed E-state index contributed by atoms with van der Waals surface area (Å²) in [5, 5.41) is 3.62. The van der Waals surface area contributed by atoms with E-state index in [-0.39, 0.29) is 5.43 Å². The van der Waals surface area contributed by atoms with Crippen molar-refractivity contribution in [3.63, 3.8) is 0 Å². The Balaban J connectivity index is 0.000000237. The summed E-state index contributed by atoms with van der Waals surface area (Å²) in [4.78, 5) is 36.0. The number of nitrogens with zero attached hydrogens (tertiary/aromatic N) is 7. The molecular weight excluding hydrogens is 484 g/mol. The van der Waals surface area contributed by atoms with Crippen molar-refractivity contribution in [2.45, 2.75) is 13.3 Å². The van der Waals surface area contributed by atoms with E-state index in [1.54, 1.807) is 37.0 Å². The first kappa shape index (κ1) is 24.8. The van der Waals surface area contributed by atoms with Crippen molar-refractivity contribution in [3.8, 4) is 0 Å². The van der Waals surface area contributed by atoms with Gasteiger partial charge < -0.3 is 15.1 Å². The molecule has 5 heterocycles. The number of likely N-dealkylation sites (N-methyl/N-ethyl adjacent to an activating group) is 1. The van der Waals surface area contributed by atoms with Gasteiger partial charge in [-0.15, -0.1) is 17.9 Å². The summed E-state index contributed by atoms with van der Waals surface area (Å²) in [5.41, 5.74) is 4.20. The highest BCUT2D eigenvalue weighted by Crippen LogP contribution is 2.32. The van der Waals surface area contributed by atoms with Gasteiger partial charge in [0.1, 0.15) is 10.5 Å². The van der Waals surface area contributed by atoms with E-state index in [0.717, 1.165) is 59.0 Å². The first-order chi connectivity index (χ1) is 18.0. The number of benzene rings is 1. The summed E-state index contributed by atoms with van der Waals surface area (Å²) in [6.45, 7) is 9.27. The molecule has 4 aromatic heterocycles. The summed E-state index contributed by atoms with van der Waals surface area (Å²) >= 11 is 1.60. The number of fused-ring (bicyclic) bond motifs is 5. The van der Waals surface area contributed by atoms with Gasteiger partial charge in [-0.05, 0) is 26.1 Å². The number of hydrogen-bond acceptors (Lipinski definition) is 9. The van der Waals surface area contributed by atoms with Gasteiger partial charge in [0.2, 0.25) is 11.4 Å². The molecule has 9 nitrogen and oxygen atoms in total. The SMILES string of the molecule is C=CCc1cnc(C)cn1.CNc1c(=O)c2cnc(N3CCN(C)CC3)nc2n2c1sc1ccccc12. The van der Waals surface area contributed by atoms with Crippen molar-refractivity contribution in [1.29, 1.82) is 0 Å². The van der Waals surface area contributed by atoms with E-state index in [9.17, 15) is 4.79 Å². The number of aromatic nitrogens is 5. The second kappa shape index (κ2) is 10.6. The van der Waals surface area contributed by atoms with E-state index in [2.05, 4.69) is 60.2 Å². The Morgan fingerprint density at radius 3 is 2.57 bits per heavy atom. The monoisotopic (exact) mass is 514 g/mol. The molecule has 1 aliphatic rings. The summed E-state index contributed by atoms with van der Waals surface area (Å²) in [7, 11) is 3.91. The van der Waals surface area contributed by atoms with Crippen LogP contribution in [0.1, 0.15) is 11.4 Å². The molecule has 0 radical (unpaired) electrons. The number of pyridine rings is 1. The molecule has 10 heteroatoms. The van der Waals surface area contributed by atoms with Crippen molar-refractivity contribution >= 4 is 49.1 Å². The van der Waals surface area contributed by atoms with E-state index >= 15 is 0 Å². The van der Waals surface area contributed by atoms with Crippen LogP contribution in [0.5, 0.6) is 0 Å². The molecule has 0 amide bonds. The van der Waals surface area contributed by atoms with Crippen LogP contribution < -0.4 is 15.6 Å². The van der Waals surface area contributed by atoms with Crippen LogP contribution in [0.25, 0.3) is 26.1 Å². The van der Waals surface area contributed by atoms with Crippen LogP contribution in [-0.4, -0.2) is 69.5 Å². The van der Waals surface area contributed by atoms with Crippen LogP contribution in [-0.2, 0) is 6.42 Å². The maximum atomic E-state index is 13.0. The van der Waals surface area contributed by atoms with Crippen molar-refractivity contribution in [3.05, 3.63) is 77.1 Å². The average Bonchev–Trinajstić information content (AvgIpc) is 3.30.